The molecule has 1 heterocycles. The van der Waals surface area contributed by atoms with Crippen molar-refractivity contribution in [3.05, 3.63) is 29.8 Å². The van der Waals surface area contributed by atoms with Crippen LogP contribution in [-0.2, 0) is 14.3 Å². The second kappa shape index (κ2) is 10.1. The molecular weight excluding hydrogens is 346 g/mol. The van der Waals surface area contributed by atoms with Crippen LogP contribution in [0.25, 0.3) is 0 Å². The van der Waals surface area contributed by atoms with Gasteiger partial charge in [-0.15, -0.1) is 0 Å². The fourth-order valence-corrected chi connectivity index (χ4v) is 2.83. The van der Waals surface area contributed by atoms with Crippen LogP contribution < -0.4 is 10.1 Å². The van der Waals surface area contributed by atoms with E-state index in [0.717, 1.165) is 0 Å². The average Bonchev–Trinajstić information content (AvgIpc) is 2.65. The quantitative estimate of drug-likeness (QED) is 0.763. The molecule has 2 rings (SSSR count). The molecule has 0 bridgehead atoms. The number of para-hydroxylation sites is 1. The van der Waals surface area contributed by atoms with Crippen molar-refractivity contribution in [2.45, 2.75) is 38.8 Å². The summed E-state index contributed by atoms with van der Waals surface area (Å²) in [5, 5.41) is 2.80. The van der Waals surface area contributed by atoms with Gasteiger partial charge in [0.05, 0.1) is 19.3 Å². The summed E-state index contributed by atoms with van der Waals surface area (Å²) in [6.07, 6.45) is 0.661. The fourth-order valence-electron chi connectivity index (χ4n) is 2.83. The highest BCUT2D eigenvalue weighted by atomic mass is 19.3. The van der Waals surface area contributed by atoms with Gasteiger partial charge in [-0.3, -0.25) is 9.59 Å². The summed E-state index contributed by atoms with van der Waals surface area (Å²) in [6, 6.07) is 5.92. The molecule has 1 aliphatic heterocycles. The van der Waals surface area contributed by atoms with Crippen LogP contribution in [0, 0.1) is 0 Å². The number of carbonyl (C=O) groups is 2. The monoisotopic (exact) mass is 370 g/mol. The molecule has 0 unspecified atom stereocenters. The second-order valence-corrected chi connectivity index (χ2v) is 5.94. The number of hydrogen-bond donors (Lipinski definition) is 1. The molecule has 0 saturated carbocycles. The molecule has 0 aromatic heterocycles. The highest BCUT2D eigenvalue weighted by Crippen LogP contribution is 2.28. The first-order valence-corrected chi connectivity index (χ1v) is 8.70. The third kappa shape index (κ3) is 5.94. The Hall–Kier alpha value is -2.22. The van der Waals surface area contributed by atoms with E-state index in [-0.39, 0.29) is 30.4 Å². The molecule has 1 N–H and O–H groups in total. The number of rotatable bonds is 8. The number of nitrogens with one attached hydrogen (secondary N) is 1. The Balaban J connectivity index is 1.91. The molecule has 6 nitrogen and oxygen atoms in total. The number of alkyl halides is 2. The third-order valence-corrected chi connectivity index (χ3v) is 4.18. The zero-order chi connectivity index (χ0) is 18.9. The van der Waals surface area contributed by atoms with Crippen LogP contribution in [0.3, 0.4) is 0 Å². The Labute approximate surface area is 151 Å². The summed E-state index contributed by atoms with van der Waals surface area (Å²) < 4.78 is 34.8. The summed E-state index contributed by atoms with van der Waals surface area (Å²) >= 11 is 0. The number of morpholine rings is 1. The van der Waals surface area contributed by atoms with Gasteiger partial charge >= 0.3 is 6.61 Å². The summed E-state index contributed by atoms with van der Waals surface area (Å²) in [7, 11) is 0. The van der Waals surface area contributed by atoms with E-state index in [1.807, 2.05) is 6.92 Å². The van der Waals surface area contributed by atoms with E-state index >= 15 is 0 Å². The lowest BCUT2D eigenvalue weighted by Crippen LogP contribution is -2.41. The van der Waals surface area contributed by atoms with Gasteiger partial charge in [-0.05, 0) is 12.5 Å². The zero-order valence-corrected chi connectivity index (χ0v) is 14.7. The molecule has 1 fully saturated rings. The number of halogens is 2. The van der Waals surface area contributed by atoms with Crippen LogP contribution in [0.1, 0.15) is 37.8 Å². The maximum atomic E-state index is 12.6. The smallest absolute Gasteiger partial charge is 0.387 e. The molecule has 8 heteroatoms. The van der Waals surface area contributed by atoms with Crippen molar-refractivity contribution in [1.29, 1.82) is 0 Å². The van der Waals surface area contributed by atoms with E-state index in [1.54, 1.807) is 23.1 Å². The van der Waals surface area contributed by atoms with Gasteiger partial charge < -0.3 is 19.7 Å². The lowest BCUT2D eigenvalue weighted by atomic mass is 10.0. The first-order valence-electron chi connectivity index (χ1n) is 8.70. The number of carbonyl (C=O) groups excluding carboxylic acids is 2. The van der Waals surface area contributed by atoms with Gasteiger partial charge in [0.15, 0.2) is 0 Å². The normalized spacial score (nSPS) is 15.6. The molecule has 1 aromatic carbocycles. The van der Waals surface area contributed by atoms with Crippen LogP contribution in [-0.4, -0.2) is 49.6 Å². The second-order valence-electron chi connectivity index (χ2n) is 5.94. The van der Waals surface area contributed by atoms with Crippen molar-refractivity contribution in [3.8, 4) is 5.75 Å². The Kier molecular flexibility index (Phi) is 7.77. The Morgan fingerprint density at radius 2 is 1.92 bits per heavy atom. The highest BCUT2D eigenvalue weighted by molar-refractivity contribution is 5.84. The summed E-state index contributed by atoms with van der Waals surface area (Å²) in [6.45, 7) is 0.999. The molecule has 1 atom stereocenters. The SMILES string of the molecule is CC[C@@H](NC(=O)CCC(=O)N1CCOCC1)c1ccccc1OC(F)F. The first-order chi connectivity index (χ1) is 12.5. The molecular formula is C18H24F2N2O4. The molecule has 0 spiro atoms. The van der Waals surface area contributed by atoms with Gasteiger partial charge in [-0.25, -0.2) is 0 Å². The van der Waals surface area contributed by atoms with Crippen LogP contribution >= 0.6 is 0 Å². The number of nitrogens with zero attached hydrogens (tertiary/aromatic N) is 1. The van der Waals surface area contributed by atoms with Gasteiger partial charge in [0, 0.05) is 31.5 Å². The molecule has 26 heavy (non-hydrogen) atoms. The van der Waals surface area contributed by atoms with Crippen molar-refractivity contribution >= 4 is 11.8 Å². The summed E-state index contributed by atoms with van der Waals surface area (Å²) in [5.74, 6) is -0.345. The number of ether oxygens (including phenoxy) is 2. The Bertz CT molecular complexity index is 607. The average molecular weight is 370 g/mol. The van der Waals surface area contributed by atoms with Crippen molar-refractivity contribution < 1.29 is 27.8 Å². The fraction of sp³-hybridized carbons (Fsp3) is 0.556. The Morgan fingerprint density at radius 3 is 2.58 bits per heavy atom. The number of benzene rings is 1. The molecule has 1 aliphatic rings. The van der Waals surface area contributed by atoms with E-state index < -0.39 is 12.7 Å². The van der Waals surface area contributed by atoms with E-state index in [0.29, 0.717) is 38.3 Å². The van der Waals surface area contributed by atoms with Crippen molar-refractivity contribution in [3.63, 3.8) is 0 Å². The zero-order valence-electron chi connectivity index (χ0n) is 14.7. The van der Waals surface area contributed by atoms with Crippen molar-refractivity contribution in [1.82, 2.24) is 10.2 Å². The van der Waals surface area contributed by atoms with Crippen LogP contribution in [0.5, 0.6) is 5.75 Å². The van der Waals surface area contributed by atoms with Crippen molar-refractivity contribution in [2.24, 2.45) is 0 Å². The first kappa shape index (κ1) is 20.1. The summed E-state index contributed by atoms with van der Waals surface area (Å²) in [4.78, 5) is 26.0. The minimum absolute atomic E-state index is 0.0408. The molecule has 0 radical (unpaired) electrons. The predicted octanol–water partition coefficient (Wildman–Crippen LogP) is 2.49. The van der Waals surface area contributed by atoms with Gasteiger partial charge in [0.2, 0.25) is 11.8 Å². The molecule has 2 amide bonds. The number of amides is 2. The van der Waals surface area contributed by atoms with Crippen LogP contribution in [0.4, 0.5) is 8.78 Å². The standard InChI is InChI=1S/C18H24F2N2O4/c1-2-14(13-5-3-4-6-15(13)26-18(19)20)21-16(23)7-8-17(24)22-9-11-25-12-10-22/h3-6,14,18H,2,7-12H2,1H3,(H,21,23)/t14-/m1/s1. The van der Waals surface area contributed by atoms with Crippen LogP contribution in [0.2, 0.25) is 0 Å². The van der Waals surface area contributed by atoms with Crippen LogP contribution in [0.15, 0.2) is 24.3 Å². The molecule has 0 aliphatic carbocycles. The lowest BCUT2D eigenvalue weighted by Gasteiger charge is -2.27. The minimum atomic E-state index is -2.93. The third-order valence-electron chi connectivity index (χ3n) is 4.18. The largest absolute Gasteiger partial charge is 0.434 e. The highest BCUT2D eigenvalue weighted by Gasteiger charge is 2.21. The van der Waals surface area contributed by atoms with Gasteiger partial charge in [0.1, 0.15) is 5.75 Å². The topological polar surface area (TPSA) is 67.9 Å². The van der Waals surface area contributed by atoms with Crippen molar-refractivity contribution in [2.75, 3.05) is 26.3 Å². The van der Waals surface area contributed by atoms with Gasteiger partial charge in [-0.2, -0.15) is 8.78 Å². The lowest BCUT2D eigenvalue weighted by molar-refractivity contribution is -0.137. The van der Waals surface area contributed by atoms with E-state index in [1.165, 1.54) is 6.07 Å². The molecule has 144 valence electrons. The minimum Gasteiger partial charge on any atom is -0.434 e. The van der Waals surface area contributed by atoms with E-state index in [2.05, 4.69) is 10.1 Å². The number of hydrogen-bond acceptors (Lipinski definition) is 4. The predicted molar refractivity (Wildman–Crippen MR) is 90.9 cm³/mol. The Morgan fingerprint density at radius 1 is 1.23 bits per heavy atom. The van der Waals surface area contributed by atoms with Gasteiger partial charge in [-0.1, -0.05) is 25.1 Å². The summed E-state index contributed by atoms with van der Waals surface area (Å²) in [5.41, 5.74) is 0.489. The maximum absolute atomic E-state index is 12.6. The molecule has 1 saturated heterocycles. The van der Waals surface area contributed by atoms with E-state index in [4.69, 9.17) is 4.74 Å². The maximum Gasteiger partial charge on any atom is 0.387 e. The van der Waals surface area contributed by atoms with E-state index in [9.17, 15) is 18.4 Å². The molecule has 1 aromatic rings. The van der Waals surface area contributed by atoms with Gasteiger partial charge in [0.25, 0.3) is 0 Å².